The van der Waals surface area contributed by atoms with E-state index in [2.05, 4.69) is 12.2 Å². The van der Waals surface area contributed by atoms with Crippen molar-refractivity contribution in [1.29, 1.82) is 0 Å². The molecule has 0 spiro atoms. The first-order valence-corrected chi connectivity index (χ1v) is 7.54. The first-order valence-electron chi connectivity index (χ1n) is 7.54. The standard InChI is InChI=1S/C15H22N4O3.ClH/c1-11-4-8-18(9-5-11)13-3-2-12(10-14(13)19(21)22)15(20)17-7-6-16;/h2-3,10-11H,4-9,16H2,1H3,(H,17,20);1H. The van der Waals surface area contributed by atoms with Gasteiger partial charge in [-0.25, -0.2) is 0 Å². The Morgan fingerprint density at radius 1 is 1.43 bits per heavy atom. The molecule has 0 aromatic heterocycles. The van der Waals surface area contributed by atoms with E-state index in [0.717, 1.165) is 25.9 Å². The summed E-state index contributed by atoms with van der Waals surface area (Å²) >= 11 is 0. The zero-order valence-corrected chi connectivity index (χ0v) is 14.0. The quantitative estimate of drug-likeness (QED) is 0.629. The zero-order chi connectivity index (χ0) is 16.1. The molecule has 1 fully saturated rings. The number of anilines is 1. The van der Waals surface area contributed by atoms with Gasteiger partial charge in [0.05, 0.1) is 4.92 Å². The number of hydrogen-bond donors (Lipinski definition) is 2. The first kappa shape index (κ1) is 19.2. The average Bonchev–Trinajstić information content (AvgIpc) is 2.52. The number of nitro benzene ring substituents is 1. The molecule has 1 saturated heterocycles. The number of nitrogens with zero attached hydrogens (tertiary/aromatic N) is 2. The van der Waals surface area contributed by atoms with Crippen molar-refractivity contribution < 1.29 is 9.72 Å². The fourth-order valence-electron chi connectivity index (χ4n) is 2.62. The lowest BCUT2D eigenvalue weighted by Gasteiger charge is -2.31. The number of nitro groups is 1. The minimum atomic E-state index is -0.424. The van der Waals surface area contributed by atoms with E-state index in [4.69, 9.17) is 5.73 Å². The molecule has 128 valence electrons. The van der Waals surface area contributed by atoms with Crippen LogP contribution in [0.2, 0.25) is 0 Å². The first-order chi connectivity index (χ1) is 10.5. The van der Waals surface area contributed by atoms with Crippen LogP contribution in [0.4, 0.5) is 11.4 Å². The molecule has 1 heterocycles. The van der Waals surface area contributed by atoms with Gasteiger partial charge in [-0.1, -0.05) is 6.92 Å². The molecule has 1 amide bonds. The third-order valence-corrected chi connectivity index (χ3v) is 3.99. The highest BCUT2D eigenvalue weighted by Gasteiger charge is 2.24. The molecule has 0 radical (unpaired) electrons. The SMILES string of the molecule is CC1CCN(c2ccc(C(=O)NCCN)cc2[N+](=O)[O-])CC1.Cl. The van der Waals surface area contributed by atoms with Crippen molar-refractivity contribution in [3.05, 3.63) is 33.9 Å². The molecule has 1 aliphatic rings. The molecule has 7 nitrogen and oxygen atoms in total. The fraction of sp³-hybridized carbons (Fsp3) is 0.533. The van der Waals surface area contributed by atoms with Crippen LogP contribution in [0.1, 0.15) is 30.1 Å². The van der Waals surface area contributed by atoms with E-state index < -0.39 is 4.92 Å². The third kappa shape index (κ3) is 4.80. The monoisotopic (exact) mass is 342 g/mol. The van der Waals surface area contributed by atoms with Crippen molar-refractivity contribution in [2.24, 2.45) is 11.7 Å². The normalized spacial score (nSPS) is 15.0. The molecule has 23 heavy (non-hydrogen) atoms. The Balaban J connectivity index is 0.00000264. The Labute approximate surface area is 141 Å². The molecule has 0 unspecified atom stereocenters. The van der Waals surface area contributed by atoms with Crippen LogP contribution in [-0.2, 0) is 0 Å². The van der Waals surface area contributed by atoms with Crippen LogP contribution in [0.3, 0.4) is 0 Å². The molecule has 3 N–H and O–H groups in total. The summed E-state index contributed by atoms with van der Waals surface area (Å²) in [5.41, 5.74) is 6.19. The number of hydrogen-bond acceptors (Lipinski definition) is 5. The van der Waals surface area contributed by atoms with E-state index in [-0.39, 0.29) is 29.6 Å². The third-order valence-electron chi connectivity index (χ3n) is 3.99. The zero-order valence-electron chi connectivity index (χ0n) is 13.2. The summed E-state index contributed by atoms with van der Waals surface area (Å²) in [6.07, 6.45) is 2.05. The largest absolute Gasteiger partial charge is 0.366 e. The van der Waals surface area contributed by atoms with Crippen LogP contribution in [0.5, 0.6) is 0 Å². The molecule has 0 aliphatic carbocycles. The van der Waals surface area contributed by atoms with Gasteiger partial charge in [0.1, 0.15) is 5.69 Å². The predicted octanol–water partition coefficient (Wildman–Crippen LogP) is 1.94. The number of nitrogens with two attached hydrogens (primary N) is 1. The Bertz CT molecular complexity index is 560. The summed E-state index contributed by atoms with van der Waals surface area (Å²) in [6.45, 7) is 4.48. The van der Waals surface area contributed by atoms with Crippen molar-refractivity contribution in [3.63, 3.8) is 0 Å². The predicted molar refractivity (Wildman–Crippen MR) is 92.3 cm³/mol. The van der Waals surface area contributed by atoms with Gasteiger partial charge < -0.3 is 16.0 Å². The minimum Gasteiger partial charge on any atom is -0.366 e. The van der Waals surface area contributed by atoms with E-state index >= 15 is 0 Å². The highest BCUT2D eigenvalue weighted by Crippen LogP contribution is 2.32. The maximum Gasteiger partial charge on any atom is 0.293 e. The highest BCUT2D eigenvalue weighted by molar-refractivity contribution is 5.95. The highest BCUT2D eigenvalue weighted by atomic mass is 35.5. The van der Waals surface area contributed by atoms with Gasteiger partial charge in [0, 0.05) is 37.8 Å². The summed E-state index contributed by atoms with van der Waals surface area (Å²) < 4.78 is 0. The number of nitrogens with one attached hydrogen (secondary N) is 1. The minimum absolute atomic E-state index is 0. The van der Waals surface area contributed by atoms with Gasteiger partial charge in [-0.3, -0.25) is 14.9 Å². The summed E-state index contributed by atoms with van der Waals surface area (Å²) in [6, 6.07) is 4.65. The lowest BCUT2D eigenvalue weighted by molar-refractivity contribution is -0.384. The van der Waals surface area contributed by atoms with Gasteiger partial charge in [0.25, 0.3) is 11.6 Å². The number of rotatable bonds is 5. The summed E-state index contributed by atoms with van der Waals surface area (Å²) in [5, 5.41) is 14.0. The second kappa shape index (κ2) is 8.69. The number of halogens is 1. The summed E-state index contributed by atoms with van der Waals surface area (Å²) in [4.78, 5) is 24.9. The van der Waals surface area contributed by atoms with Crippen molar-refractivity contribution in [1.82, 2.24) is 5.32 Å². The van der Waals surface area contributed by atoms with E-state index in [1.807, 2.05) is 4.90 Å². The Kier molecular flexibility index (Phi) is 7.25. The molecular formula is C15H23ClN4O3. The van der Waals surface area contributed by atoms with Gasteiger partial charge in [0.15, 0.2) is 0 Å². The number of benzene rings is 1. The topological polar surface area (TPSA) is 102 Å². The van der Waals surface area contributed by atoms with Gasteiger partial charge in [0.2, 0.25) is 0 Å². The van der Waals surface area contributed by atoms with Gasteiger partial charge in [-0.2, -0.15) is 0 Å². The van der Waals surface area contributed by atoms with Crippen LogP contribution in [0.25, 0.3) is 0 Å². The molecule has 8 heteroatoms. The van der Waals surface area contributed by atoms with Crippen LogP contribution in [-0.4, -0.2) is 37.0 Å². The van der Waals surface area contributed by atoms with Crippen LogP contribution in [0, 0.1) is 16.0 Å². The number of piperidine rings is 1. The van der Waals surface area contributed by atoms with Crippen molar-refractivity contribution in [2.75, 3.05) is 31.1 Å². The van der Waals surface area contributed by atoms with Crippen LogP contribution >= 0.6 is 12.4 Å². The fourth-order valence-corrected chi connectivity index (χ4v) is 2.62. The van der Waals surface area contributed by atoms with Crippen molar-refractivity contribution in [2.45, 2.75) is 19.8 Å². The van der Waals surface area contributed by atoms with Gasteiger partial charge >= 0.3 is 0 Å². The Morgan fingerprint density at radius 3 is 2.65 bits per heavy atom. The maximum atomic E-state index is 11.9. The van der Waals surface area contributed by atoms with E-state index in [1.165, 1.54) is 6.07 Å². The number of carbonyl (C=O) groups excluding carboxylic acids is 1. The van der Waals surface area contributed by atoms with Gasteiger partial charge in [-0.15, -0.1) is 12.4 Å². The Hall–Kier alpha value is -1.86. The summed E-state index contributed by atoms with van der Waals surface area (Å²) in [5.74, 6) is 0.309. The molecule has 1 aromatic carbocycles. The van der Waals surface area contributed by atoms with Gasteiger partial charge in [-0.05, 0) is 30.9 Å². The molecule has 0 saturated carbocycles. The number of carbonyl (C=O) groups is 1. The molecule has 0 atom stereocenters. The van der Waals surface area contributed by atoms with E-state index in [0.29, 0.717) is 24.7 Å². The molecule has 0 bridgehead atoms. The molecule has 1 aliphatic heterocycles. The van der Waals surface area contributed by atoms with E-state index in [9.17, 15) is 14.9 Å². The summed E-state index contributed by atoms with van der Waals surface area (Å²) in [7, 11) is 0. The van der Waals surface area contributed by atoms with Crippen molar-refractivity contribution in [3.8, 4) is 0 Å². The van der Waals surface area contributed by atoms with Crippen LogP contribution in [0.15, 0.2) is 18.2 Å². The van der Waals surface area contributed by atoms with Crippen molar-refractivity contribution >= 4 is 29.7 Å². The lowest BCUT2D eigenvalue weighted by atomic mass is 9.98. The lowest BCUT2D eigenvalue weighted by Crippen LogP contribution is -2.33. The maximum absolute atomic E-state index is 11.9. The molecule has 2 rings (SSSR count). The van der Waals surface area contributed by atoms with Crippen LogP contribution < -0.4 is 16.0 Å². The molecule has 1 aromatic rings. The van der Waals surface area contributed by atoms with E-state index in [1.54, 1.807) is 12.1 Å². The average molecular weight is 343 g/mol. The number of amides is 1. The second-order valence-electron chi connectivity index (χ2n) is 5.67. The molecular weight excluding hydrogens is 320 g/mol. The smallest absolute Gasteiger partial charge is 0.293 e. The Morgan fingerprint density at radius 2 is 2.09 bits per heavy atom. The second-order valence-corrected chi connectivity index (χ2v) is 5.67.